The van der Waals surface area contributed by atoms with Crippen LogP contribution in [0.2, 0.25) is 5.02 Å². The Morgan fingerprint density at radius 2 is 1.90 bits per heavy atom. The van der Waals surface area contributed by atoms with Crippen LogP contribution in [0.3, 0.4) is 0 Å². The summed E-state index contributed by atoms with van der Waals surface area (Å²) in [5.41, 5.74) is 6.85. The monoisotopic (exact) mass is 423 g/mol. The molecule has 0 spiro atoms. The predicted molar refractivity (Wildman–Crippen MR) is 121 cm³/mol. The van der Waals surface area contributed by atoms with E-state index in [9.17, 15) is 4.79 Å². The molecular weight excluding hydrogens is 398 g/mol. The third kappa shape index (κ3) is 3.77. The highest BCUT2D eigenvalue weighted by molar-refractivity contribution is 6.30. The van der Waals surface area contributed by atoms with Crippen LogP contribution in [0.5, 0.6) is 0 Å². The van der Waals surface area contributed by atoms with Crippen LogP contribution >= 0.6 is 11.6 Å². The maximum Gasteiger partial charge on any atom is 0.248 e. The molecule has 1 unspecified atom stereocenters. The number of hydrazone groups is 1. The van der Waals surface area contributed by atoms with E-state index in [1.54, 1.807) is 0 Å². The lowest BCUT2D eigenvalue weighted by Crippen LogP contribution is -2.35. The zero-order valence-corrected chi connectivity index (χ0v) is 17.8. The van der Waals surface area contributed by atoms with Crippen molar-refractivity contribution in [3.8, 4) is 0 Å². The zero-order valence-electron chi connectivity index (χ0n) is 17.0. The van der Waals surface area contributed by atoms with Gasteiger partial charge in [0.05, 0.1) is 5.71 Å². The lowest BCUT2D eigenvalue weighted by molar-refractivity contribution is -0.117. The number of likely N-dealkylation sites (N-methyl/N-ethyl adjacent to an activating group) is 1. The highest BCUT2D eigenvalue weighted by Crippen LogP contribution is 2.34. The van der Waals surface area contributed by atoms with E-state index in [0.717, 1.165) is 36.0 Å². The van der Waals surface area contributed by atoms with E-state index >= 15 is 0 Å². The fourth-order valence-electron chi connectivity index (χ4n) is 4.88. The lowest BCUT2D eigenvalue weighted by atomic mass is 10.0. The predicted octanol–water partition coefficient (Wildman–Crippen LogP) is 3.19. The minimum Gasteiger partial charge on any atom is -0.367 e. The number of halogens is 1. The van der Waals surface area contributed by atoms with Gasteiger partial charge < -0.3 is 15.1 Å². The number of hydrogen-bond donors (Lipinski definition) is 2. The van der Waals surface area contributed by atoms with E-state index in [2.05, 4.69) is 44.8 Å². The van der Waals surface area contributed by atoms with Gasteiger partial charge in [0.15, 0.2) is 0 Å². The zero-order chi connectivity index (χ0) is 20.7. The van der Waals surface area contributed by atoms with Crippen molar-refractivity contribution in [2.75, 3.05) is 36.9 Å². The molecule has 3 aliphatic heterocycles. The number of likely N-dealkylation sites (tertiary alicyclic amines) is 1. The van der Waals surface area contributed by atoms with Gasteiger partial charge in [-0.3, -0.25) is 10.2 Å². The Morgan fingerprint density at radius 1 is 1.13 bits per heavy atom. The van der Waals surface area contributed by atoms with E-state index < -0.39 is 0 Å². The molecule has 0 saturated carbocycles. The number of hydrogen-bond acceptors (Lipinski definition) is 5. The van der Waals surface area contributed by atoms with Gasteiger partial charge in [-0.05, 0) is 61.3 Å². The van der Waals surface area contributed by atoms with Gasteiger partial charge in [-0.1, -0.05) is 23.7 Å². The highest BCUT2D eigenvalue weighted by Gasteiger charge is 2.40. The molecule has 6 nitrogen and oxygen atoms in total. The molecule has 3 aliphatic rings. The van der Waals surface area contributed by atoms with Gasteiger partial charge in [-0.2, -0.15) is 5.10 Å². The van der Waals surface area contributed by atoms with Crippen LogP contribution < -0.4 is 15.6 Å². The fourth-order valence-corrected chi connectivity index (χ4v) is 5.00. The summed E-state index contributed by atoms with van der Waals surface area (Å²) in [5.74, 6) is 0.701. The van der Waals surface area contributed by atoms with Crippen LogP contribution in [-0.4, -0.2) is 55.3 Å². The number of anilines is 2. The van der Waals surface area contributed by atoms with Gasteiger partial charge in [0.2, 0.25) is 5.91 Å². The highest BCUT2D eigenvalue weighted by atomic mass is 35.5. The number of nitrogens with one attached hydrogen (secondary N) is 2. The van der Waals surface area contributed by atoms with E-state index in [0.29, 0.717) is 17.5 Å². The van der Waals surface area contributed by atoms with Crippen molar-refractivity contribution in [1.82, 2.24) is 10.3 Å². The topological polar surface area (TPSA) is 60.0 Å². The number of fused-ring (bicyclic) bond motifs is 1. The first kappa shape index (κ1) is 19.4. The van der Waals surface area contributed by atoms with E-state index in [1.165, 1.54) is 18.7 Å². The molecule has 0 aromatic heterocycles. The molecule has 3 atom stereocenters. The largest absolute Gasteiger partial charge is 0.367 e. The van der Waals surface area contributed by atoms with Crippen LogP contribution in [-0.2, 0) is 4.79 Å². The second-order valence-corrected chi connectivity index (χ2v) is 8.95. The third-order valence-corrected chi connectivity index (χ3v) is 6.70. The second kappa shape index (κ2) is 7.93. The standard InChI is InChI=1S/C23H26ClN5O/c1-28-13-16-10-11-29(22(16)14-28)19-8-6-18(7-9-19)25-23(30)21-12-20(26-27-21)15-2-4-17(24)5-3-15/h2-9,16,21-22,27H,10-14H2,1H3,(H,25,30)/t16-,21?,22+/m0/s1. The molecule has 0 aliphatic carbocycles. The Hall–Kier alpha value is -2.57. The number of carbonyl (C=O) groups excluding carboxylic acids is 1. The van der Waals surface area contributed by atoms with Crippen molar-refractivity contribution >= 4 is 34.6 Å². The second-order valence-electron chi connectivity index (χ2n) is 8.52. The lowest BCUT2D eigenvalue weighted by Gasteiger charge is -2.26. The molecule has 2 aromatic carbocycles. The van der Waals surface area contributed by atoms with Crippen molar-refractivity contribution in [3.05, 3.63) is 59.1 Å². The minimum absolute atomic E-state index is 0.0749. The maximum absolute atomic E-state index is 12.7. The summed E-state index contributed by atoms with van der Waals surface area (Å²) >= 11 is 5.95. The molecule has 0 radical (unpaired) electrons. The van der Waals surface area contributed by atoms with Crippen LogP contribution in [0.1, 0.15) is 18.4 Å². The van der Waals surface area contributed by atoms with E-state index in [4.69, 9.17) is 11.6 Å². The molecule has 1 amide bonds. The Morgan fingerprint density at radius 3 is 2.67 bits per heavy atom. The van der Waals surface area contributed by atoms with Crippen LogP contribution in [0.15, 0.2) is 53.6 Å². The quantitative estimate of drug-likeness (QED) is 0.792. The Balaban J connectivity index is 1.19. The first-order chi connectivity index (χ1) is 14.6. The first-order valence-corrected chi connectivity index (χ1v) is 10.9. The Kier molecular flexibility index (Phi) is 5.13. The summed E-state index contributed by atoms with van der Waals surface area (Å²) in [6, 6.07) is 16.0. The molecule has 5 rings (SSSR count). The number of amides is 1. The molecule has 0 bridgehead atoms. The molecular formula is C23H26ClN5O. The Bertz CT molecular complexity index is 959. The van der Waals surface area contributed by atoms with Gasteiger partial charge in [0, 0.05) is 48.5 Å². The average molecular weight is 424 g/mol. The molecule has 156 valence electrons. The summed E-state index contributed by atoms with van der Waals surface area (Å²) < 4.78 is 0. The van der Waals surface area contributed by atoms with Crippen LogP contribution in [0.25, 0.3) is 0 Å². The SMILES string of the molecule is CN1C[C@@H]2CCN(c3ccc(NC(=O)C4CC(c5ccc(Cl)cc5)=NN4)cc3)[C@@H]2C1. The molecule has 2 fully saturated rings. The number of nitrogens with zero attached hydrogens (tertiary/aromatic N) is 3. The van der Waals surface area contributed by atoms with Crippen molar-refractivity contribution < 1.29 is 4.79 Å². The summed E-state index contributed by atoms with van der Waals surface area (Å²) in [6.07, 6.45) is 1.81. The molecule has 2 N–H and O–H groups in total. The van der Waals surface area contributed by atoms with Crippen molar-refractivity contribution in [3.63, 3.8) is 0 Å². The van der Waals surface area contributed by atoms with Gasteiger partial charge >= 0.3 is 0 Å². The Labute approximate surface area is 181 Å². The minimum atomic E-state index is -0.372. The van der Waals surface area contributed by atoms with Gasteiger partial charge in [0.1, 0.15) is 6.04 Å². The first-order valence-electron chi connectivity index (χ1n) is 10.5. The smallest absolute Gasteiger partial charge is 0.248 e. The van der Waals surface area contributed by atoms with Gasteiger partial charge in [-0.15, -0.1) is 0 Å². The molecule has 30 heavy (non-hydrogen) atoms. The molecule has 2 aromatic rings. The molecule has 7 heteroatoms. The van der Waals surface area contributed by atoms with Crippen LogP contribution in [0, 0.1) is 5.92 Å². The van der Waals surface area contributed by atoms with Gasteiger partial charge in [-0.25, -0.2) is 0 Å². The van der Waals surface area contributed by atoms with Crippen LogP contribution in [0.4, 0.5) is 11.4 Å². The van der Waals surface area contributed by atoms with E-state index in [-0.39, 0.29) is 11.9 Å². The van der Waals surface area contributed by atoms with E-state index in [1.807, 2.05) is 36.4 Å². The third-order valence-electron chi connectivity index (χ3n) is 6.44. The average Bonchev–Trinajstić information content (AvgIpc) is 3.45. The number of carbonyl (C=O) groups is 1. The summed E-state index contributed by atoms with van der Waals surface area (Å²) in [5, 5.41) is 8.04. The fraction of sp³-hybridized carbons (Fsp3) is 0.391. The number of benzene rings is 2. The maximum atomic E-state index is 12.7. The van der Waals surface area contributed by atoms with Crippen molar-refractivity contribution in [2.45, 2.75) is 24.9 Å². The van der Waals surface area contributed by atoms with Crippen molar-refractivity contribution in [1.29, 1.82) is 0 Å². The summed E-state index contributed by atoms with van der Waals surface area (Å²) in [6.45, 7) is 3.45. The number of rotatable bonds is 4. The summed E-state index contributed by atoms with van der Waals surface area (Å²) in [7, 11) is 2.20. The normalized spacial score (nSPS) is 25.7. The molecule has 3 heterocycles. The summed E-state index contributed by atoms with van der Waals surface area (Å²) in [4.78, 5) is 17.6. The van der Waals surface area contributed by atoms with Gasteiger partial charge in [0.25, 0.3) is 0 Å². The van der Waals surface area contributed by atoms with Crippen molar-refractivity contribution in [2.24, 2.45) is 11.0 Å². The molecule has 2 saturated heterocycles.